The third kappa shape index (κ3) is 3.23. The molecule has 2 heterocycles. The SMILES string of the molecule is O=C1[C@H]2CC[C@H]([C@@H]3CC[C@H]4C(=O)N(c5ccccc5)C(=O)[C@@H]4C3)C[C@@H]2C(=O)N1c1ccccc1. The van der Waals surface area contributed by atoms with Crippen molar-refractivity contribution in [1.29, 1.82) is 0 Å². The lowest BCUT2D eigenvalue weighted by atomic mass is 9.64. The Bertz CT molecular complexity index is 1060. The Morgan fingerprint density at radius 1 is 0.471 bits per heavy atom. The van der Waals surface area contributed by atoms with E-state index in [0.717, 1.165) is 25.7 Å². The second kappa shape index (κ2) is 8.19. The highest BCUT2D eigenvalue weighted by Crippen LogP contribution is 2.50. The maximum Gasteiger partial charge on any atom is 0.237 e. The first-order valence-electron chi connectivity index (χ1n) is 12.4. The number of amides is 4. The lowest BCUT2D eigenvalue weighted by Gasteiger charge is -2.38. The smallest absolute Gasteiger partial charge is 0.237 e. The third-order valence-corrected chi connectivity index (χ3v) is 8.63. The van der Waals surface area contributed by atoms with Crippen molar-refractivity contribution in [1.82, 2.24) is 0 Å². The molecular formula is C28H28N2O4. The summed E-state index contributed by atoms with van der Waals surface area (Å²) in [4.78, 5) is 55.4. The number of anilines is 2. The van der Waals surface area contributed by atoms with Crippen LogP contribution in [0.3, 0.4) is 0 Å². The molecule has 0 aromatic heterocycles. The van der Waals surface area contributed by atoms with Gasteiger partial charge in [-0.2, -0.15) is 0 Å². The van der Waals surface area contributed by atoms with Crippen molar-refractivity contribution < 1.29 is 19.2 Å². The van der Waals surface area contributed by atoms with E-state index in [1.165, 1.54) is 9.80 Å². The maximum absolute atomic E-state index is 13.3. The van der Waals surface area contributed by atoms with Gasteiger partial charge in [-0.3, -0.25) is 29.0 Å². The minimum absolute atomic E-state index is 0.0709. The van der Waals surface area contributed by atoms with E-state index in [2.05, 4.69) is 0 Å². The molecule has 4 aliphatic rings. The van der Waals surface area contributed by atoms with Crippen molar-refractivity contribution in [3.8, 4) is 0 Å². The standard InChI is InChI=1S/C28H28N2O4/c31-25-21-13-11-17(15-23(21)27(33)29(25)19-7-3-1-4-8-19)18-12-14-22-24(16-18)28(34)30(26(22)32)20-9-5-2-6-10-20/h1-10,17-18,21-24H,11-16H2/t17-,18+,21-,22+,23-,24+. The Morgan fingerprint density at radius 3 is 1.21 bits per heavy atom. The van der Waals surface area contributed by atoms with Crippen molar-refractivity contribution in [2.75, 3.05) is 9.80 Å². The Hall–Kier alpha value is -3.28. The molecule has 0 unspecified atom stereocenters. The first kappa shape index (κ1) is 21.3. The van der Waals surface area contributed by atoms with Gasteiger partial charge in [-0.15, -0.1) is 0 Å². The van der Waals surface area contributed by atoms with Gasteiger partial charge in [0, 0.05) is 0 Å². The molecule has 0 N–H and O–H groups in total. The highest BCUT2D eigenvalue weighted by atomic mass is 16.2. The highest BCUT2D eigenvalue weighted by Gasteiger charge is 2.54. The summed E-state index contributed by atoms with van der Waals surface area (Å²) < 4.78 is 0. The summed E-state index contributed by atoms with van der Waals surface area (Å²) in [5.74, 6) is -0.698. The molecule has 4 fully saturated rings. The van der Waals surface area contributed by atoms with Gasteiger partial charge in [-0.1, -0.05) is 36.4 Å². The highest BCUT2D eigenvalue weighted by molar-refractivity contribution is 6.22. The summed E-state index contributed by atoms with van der Waals surface area (Å²) in [5.41, 5.74) is 1.31. The van der Waals surface area contributed by atoms with E-state index in [0.29, 0.717) is 36.1 Å². The average molecular weight is 457 g/mol. The van der Waals surface area contributed by atoms with Crippen LogP contribution in [0.2, 0.25) is 0 Å². The summed E-state index contributed by atoms with van der Waals surface area (Å²) in [6.07, 6.45) is 4.63. The van der Waals surface area contributed by atoms with Gasteiger partial charge in [0.05, 0.1) is 35.0 Å². The lowest BCUT2D eigenvalue weighted by Crippen LogP contribution is -2.35. The minimum atomic E-state index is -0.272. The van der Waals surface area contributed by atoms with Gasteiger partial charge >= 0.3 is 0 Å². The molecule has 2 saturated heterocycles. The van der Waals surface area contributed by atoms with E-state index in [1.54, 1.807) is 0 Å². The second-order valence-corrected chi connectivity index (χ2v) is 10.3. The molecule has 4 amide bonds. The summed E-state index contributed by atoms with van der Waals surface area (Å²) in [5, 5.41) is 0. The number of carbonyl (C=O) groups excluding carboxylic acids is 4. The molecule has 6 rings (SSSR count). The first-order valence-corrected chi connectivity index (χ1v) is 12.4. The number of benzene rings is 2. The number of nitrogens with zero attached hydrogens (tertiary/aromatic N) is 2. The zero-order valence-corrected chi connectivity index (χ0v) is 19.0. The van der Waals surface area contributed by atoms with Crippen LogP contribution in [-0.2, 0) is 19.2 Å². The van der Waals surface area contributed by atoms with E-state index >= 15 is 0 Å². The normalized spacial score (nSPS) is 33.3. The van der Waals surface area contributed by atoms with Gasteiger partial charge in [-0.25, -0.2) is 0 Å². The summed E-state index contributed by atoms with van der Waals surface area (Å²) in [7, 11) is 0. The summed E-state index contributed by atoms with van der Waals surface area (Å²) in [6.45, 7) is 0. The van der Waals surface area contributed by atoms with Crippen molar-refractivity contribution in [2.45, 2.75) is 38.5 Å². The van der Waals surface area contributed by atoms with E-state index in [9.17, 15) is 19.2 Å². The minimum Gasteiger partial charge on any atom is -0.274 e. The van der Waals surface area contributed by atoms with Crippen LogP contribution >= 0.6 is 0 Å². The maximum atomic E-state index is 13.3. The molecule has 0 radical (unpaired) electrons. The van der Waals surface area contributed by atoms with E-state index < -0.39 is 0 Å². The Kier molecular flexibility index (Phi) is 5.12. The van der Waals surface area contributed by atoms with Gasteiger partial charge < -0.3 is 0 Å². The van der Waals surface area contributed by atoms with Crippen LogP contribution < -0.4 is 9.80 Å². The summed E-state index contributed by atoms with van der Waals surface area (Å²) in [6, 6.07) is 18.4. The van der Waals surface area contributed by atoms with Crippen LogP contribution in [0.15, 0.2) is 60.7 Å². The second-order valence-electron chi connectivity index (χ2n) is 10.3. The molecule has 2 saturated carbocycles. The molecule has 2 aliphatic carbocycles. The molecule has 2 aromatic rings. The third-order valence-electron chi connectivity index (χ3n) is 8.63. The Morgan fingerprint density at radius 2 is 0.824 bits per heavy atom. The molecule has 0 spiro atoms. The van der Waals surface area contributed by atoms with Crippen LogP contribution in [0.25, 0.3) is 0 Å². The average Bonchev–Trinajstić information content (AvgIpc) is 3.28. The van der Waals surface area contributed by atoms with Gasteiger partial charge in [0.1, 0.15) is 0 Å². The monoisotopic (exact) mass is 456 g/mol. The van der Waals surface area contributed by atoms with Crippen LogP contribution in [0, 0.1) is 35.5 Å². The topological polar surface area (TPSA) is 74.8 Å². The van der Waals surface area contributed by atoms with E-state index in [1.807, 2.05) is 60.7 Å². The summed E-state index contributed by atoms with van der Waals surface area (Å²) >= 11 is 0. The van der Waals surface area contributed by atoms with Crippen molar-refractivity contribution in [2.24, 2.45) is 35.5 Å². The van der Waals surface area contributed by atoms with Crippen molar-refractivity contribution >= 4 is 35.0 Å². The molecule has 174 valence electrons. The number of hydrogen-bond donors (Lipinski definition) is 0. The largest absolute Gasteiger partial charge is 0.274 e. The predicted octanol–water partition coefficient (Wildman–Crippen LogP) is 4.20. The van der Waals surface area contributed by atoms with E-state index in [4.69, 9.17) is 0 Å². The number of carbonyl (C=O) groups is 4. The van der Waals surface area contributed by atoms with Crippen LogP contribution in [0.4, 0.5) is 11.4 Å². The fourth-order valence-corrected chi connectivity index (χ4v) is 6.94. The molecule has 34 heavy (non-hydrogen) atoms. The molecule has 6 atom stereocenters. The van der Waals surface area contributed by atoms with Gasteiger partial charge in [0.2, 0.25) is 23.6 Å². The number of imide groups is 2. The number of fused-ring (bicyclic) bond motifs is 2. The Labute approximate surface area is 198 Å². The molecule has 6 nitrogen and oxygen atoms in total. The lowest BCUT2D eigenvalue weighted by molar-refractivity contribution is -0.124. The number of para-hydroxylation sites is 2. The van der Waals surface area contributed by atoms with E-state index in [-0.39, 0.29) is 47.3 Å². The molecule has 0 bridgehead atoms. The van der Waals surface area contributed by atoms with Crippen LogP contribution in [0.1, 0.15) is 38.5 Å². The zero-order valence-electron chi connectivity index (χ0n) is 19.0. The molecular weight excluding hydrogens is 428 g/mol. The number of hydrogen-bond acceptors (Lipinski definition) is 4. The first-order chi connectivity index (χ1) is 16.5. The number of rotatable bonds is 3. The van der Waals surface area contributed by atoms with Crippen molar-refractivity contribution in [3.05, 3.63) is 60.7 Å². The van der Waals surface area contributed by atoms with Crippen molar-refractivity contribution in [3.63, 3.8) is 0 Å². The van der Waals surface area contributed by atoms with Crippen LogP contribution in [0.5, 0.6) is 0 Å². The zero-order chi connectivity index (χ0) is 23.4. The van der Waals surface area contributed by atoms with Crippen LogP contribution in [-0.4, -0.2) is 23.6 Å². The van der Waals surface area contributed by atoms with Gasteiger partial charge in [0.25, 0.3) is 0 Å². The van der Waals surface area contributed by atoms with Gasteiger partial charge in [0.15, 0.2) is 0 Å². The molecule has 2 aromatic carbocycles. The fraction of sp³-hybridized carbons (Fsp3) is 0.429. The predicted molar refractivity (Wildman–Crippen MR) is 127 cm³/mol. The fourth-order valence-electron chi connectivity index (χ4n) is 6.94. The molecule has 6 heteroatoms. The molecule has 2 aliphatic heterocycles. The Balaban J connectivity index is 1.17. The van der Waals surface area contributed by atoms with Gasteiger partial charge in [-0.05, 0) is 74.6 Å². The quantitative estimate of drug-likeness (QED) is 0.649.